The van der Waals surface area contributed by atoms with E-state index in [4.69, 9.17) is 28.7 Å². The number of rotatable bonds is 34. The lowest BCUT2D eigenvalue weighted by Gasteiger charge is -2.29. The summed E-state index contributed by atoms with van der Waals surface area (Å²) in [7, 11) is 0. The highest BCUT2D eigenvalue weighted by Crippen LogP contribution is 2.11. The van der Waals surface area contributed by atoms with Gasteiger partial charge in [-0.15, -0.1) is 0 Å². The van der Waals surface area contributed by atoms with E-state index in [0.29, 0.717) is 6.42 Å². The van der Waals surface area contributed by atoms with Crippen molar-refractivity contribution in [1.29, 1.82) is 0 Å². The van der Waals surface area contributed by atoms with Gasteiger partial charge >= 0.3 is 5.97 Å². The van der Waals surface area contributed by atoms with E-state index in [-0.39, 0.29) is 38.1 Å². The van der Waals surface area contributed by atoms with Crippen molar-refractivity contribution in [2.24, 2.45) is 40.5 Å². The maximum atomic E-state index is 13.8. The van der Waals surface area contributed by atoms with Gasteiger partial charge in [0.15, 0.2) is 0 Å². The van der Waals surface area contributed by atoms with Crippen molar-refractivity contribution in [1.82, 2.24) is 42.5 Å². The molecule has 0 heterocycles. The lowest BCUT2D eigenvalue weighted by molar-refractivity contribution is -0.144. The molecule has 0 fully saturated rings. The number of aliphatic hydroxyl groups excluding tert-OH is 3. The first-order valence-electron chi connectivity index (χ1n) is 22.0. The quantitative estimate of drug-likeness (QED) is 0.0266. The van der Waals surface area contributed by atoms with Crippen LogP contribution in [0.25, 0.3) is 0 Å². The molecule has 0 saturated heterocycles. The van der Waals surface area contributed by atoms with Gasteiger partial charge < -0.3 is 91.6 Å². The van der Waals surface area contributed by atoms with Gasteiger partial charge in [-0.25, -0.2) is 4.79 Å². The number of amides is 11. The molecule has 392 valence electrons. The molecule has 11 amide bonds. The molecule has 0 aromatic rings. The maximum Gasteiger partial charge on any atom is 0.326 e. The van der Waals surface area contributed by atoms with Crippen molar-refractivity contribution in [2.45, 2.75) is 146 Å². The van der Waals surface area contributed by atoms with Crippen LogP contribution in [0.3, 0.4) is 0 Å². The summed E-state index contributed by atoms with van der Waals surface area (Å²) in [5.74, 6) is -14.9. The Morgan fingerprint density at radius 1 is 0.493 bits per heavy atom. The molecular formula is C40H71N13O16. The molecule has 0 unspecified atom stereocenters. The van der Waals surface area contributed by atoms with E-state index in [1.807, 2.05) is 0 Å². The number of carboxylic acid groups (broad SMARTS) is 1. The van der Waals surface area contributed by atoms with Crippen molar-refractivity contribution >= 4 is 70.9 Å². The molecule has 69 heavy (non-hydrogen) atoms. The second kappa shape index (κ2) is 31.5. The summed E-state index contributed by atoms with van der Waals surface area (Å²) < 4.78 is 0. The normalized spacial score (nSPS) is 15.9. The second-order valence-corrected chi connectivity index (χ2v) is 16.7. The van der Waals surface area contributed by atoms with Gasteiger partial charge in [0.25, 0.3) is 0 Å². The first-order chi connectivity index (χ1) is 32.1. The fourth-order valence-corrected chi connectivity index (χ4v) is 6.22. The van der Waals surface area contributed by atoms with Gasteiger partial charge in [0, 0.05) is 0 Å². The molecule has 29 nitrogen and oxygen atoms in total. The Morgan fingerprint density at radius 2 is 0.855 bits per heavy atom. The third-order valence-corrected chi connectivity index (χ3v) is 10.2. The molecule has 0 aliphatic carbocycles. The second-order valence-electron chi connectivity index (χ2n) is 16.7. The van der Waals surface area contributed by atoms with E-state index >= 15 is 0 Å². The van der Waals surface area contributed by atoms with Crippen molar-refractivity contribution < 1.29 is 78.0 Å². The number of hydrogen-bond donors (Lipinski definition) is 17. The summed E-state index contributed by atoms with van der Waals surface area (Å²) in [6.07, 6.45) is -3.38. The van der Waals surface area contributed by atoms with Crippen molar-refractivity contribution in [3.8, 4) is 0 Å². The van der Waals surface area contributed by atoms with E-state index in [0.717, 1.165) is 0 Å². The largest absolute Gasteiger partial charge is 0.480 e. The molecule has 0 rings (SSSR count). The number of aliphatic hydroxyl groups is 3. The van der Waals surface area contributed by atoms with E-state index in [2.05, 4.69) is 42.5 Å². The fourth-order valence-electron chi connectivity index (χ4n) is 6.22. The zero-order valence-electron chi connectivity index (χ0n) is 39.3. The average Bonchev–Trinajstić information content (AvgIpc) is 3.25. The third-order valence-electron chi connectivity index (χ3n) is 10.2. The van der Waals surface area contributed by atoms with Gasteiger partial charge in [-0.05, 0) is 51.0 Å². The molecule has 0 aromatic heterocycles. The Balaban J connectivity index is 6.39. The SMILES string of the molecule is CC[C@H](C)[C@H](NC(=O)[C@H](CO)NC(=O)[C@@H](NC(=O)[C@@H](N)CC(C)C)[C@@H](C)O)C(=O)N[C@@H](CC(N)=O)C(=O)N[C@@H](CC(N)=O)C(=O)N[C@@H](CO)C(=O)N[C@@H](CCCCN)C(=O)N[C@@H](CC(N)=O)C(=O)O. The summed E-state index contributed by atoms with van der Waals surface area (Å²) in [6.45, 7) is 5.85. The predicted molar refractivity (Wildman–Crippen MR) is 240 cm³/mol. The first-order valence-corrected chi connectivity index (χ1v) is 22.0. The van der Waals surface area contributed by atoms with Crippen LogP contribution in [-0.2, 0) is 57.5 Å². The highest BCUT2D eigenvalue weighted by molar-refractivity contribution is 6.00. The Morgan fingerprint density at radius 3 is 1.28 bits per heavy atom. The van der Waals surface area contributed by atoms with E-state index in [1.54, 1.807) is 20.8 Å². The van der Waals surface area contributed by atoms with Crippen LogP contribution in [0, 0.1) is 11.8 Å². The summed E-state index contributed by atoms with van der Waals surface area (Å²) in [6, 6.07) is -15.1. The number of nitrogens with one attached hydrogen (secondary N) is 8. The van der Waals surface area contributed by atoms with Gasteiger partial charge in [-0.2, -0.15) is 0 Å². The molecular weight excluding hydrogens is 919 g/mol. The maximum absolute atomic E-state index is 13.8. The zero-order valence-corrected chi connectivity index (χ0v) is 39.3. The summed E-state index contributed by atoms with van der Waals surface area (Å²) >= 11 is 0. The van der Waals surface area contributed by atoms with Crippen LogP contribution in [0.4, 0.5) is 0 Å². The molecule has 22 N–H and O–H groups in total. The van der Waals surface area contributed by atoms with Crippen molar-refractivity contribution in [3.63, 3.8) is 0 Å². The first kappa shape index (κ1) is 62.4. The van der Waals surface area contributed by atoms with Crippen LogP contribution in [0.15, 0.2) is 0 Å². The molecule has 0 spiro atoms. The number of unbranched alkanes of at least 4 members (excludes halogenated alkanes) is 1. The fraction of sp³-hybridized carbons (Fsp3) is 0.700. The molecule has 29 heteroatoms. The minimum absolute atomic E-state index is 0.00571. The smallest absolute Gasteiger partial charge is 0.326 e. The Labute approximate surface area is 397 Å². The lowest BCUT2D eigenvalue weighted by Crippen LogP contribution is -2.63. The Bertz CT molecular complexity index is 1820. The molecule has 0 aliphatic rings. The molecule has 0 aromatic carbocycles. The van der Waals surface area contributed by atoms with Gasteiger partial charge in [0.05, 0.1) is 44.6 Å². The monoisotopic (exact) mass is 990 g/mol. The lowest BCUT2D eigenvalue weighted by atomic mass is 9.97. The van der Waals surface area contributed by atoms with Gasteiger partial charge in [-0.3, -0.25) is 52.7 Å². The molecule has 0 aliphatic heterocycles. The van der Waals surface area contributed by atoms with Crippen LogP contribution in [-0.4, -0.2) is 172 Å². The van der Waals surface area contributed by atoms with Crippen LogP contribution in [0.1, 0.15) is 86.0 Å². The number of carboxylic acids is 1. The predicted octanol–water partition coefficient (Wildman–Crippen LogP) is -8.51. The molecule has 0 radical (unpaired) electrons. The van der Waals surface area contributed by atoms with Crippen LogP contribution >= 0.6 is 0 Å². The number of primary amides is 3. The topological polar surface area (TPSA) is 512 Å². The standard InChI is InChI=1S/C40H71N13O16/c1-6-18(4)30(52-37(65)26(16-55)51-39(67)31(19(5)56)53-32(60)20(42)11-17(2)3)38(66)48-23(13-28(44)58)34(62)47-22(12-27(43)57)35(63)50-25(15-54)36(64)46-21(9-7-8-10-41)33(61)49-24(40(68)69)14-29(45)59/h17-26,30-31,54-56H,6-16,41-42H2,1-5H3,(H2,43,57)(H2,44,58)(H2,45,59)(H,46,64)(H,47,62)(H,48,66)(H,49,61)(H,50,63)(H,51,67)(H,52,65)(H,53,60)(H,68,69)/t18-,19+,20-,21-,22-,23-,24-,25-,26-,30-,31-/m0/s1. The van der Waals surface area contributed by atoms with Crippen LogP contribution < -0.4 is 71.2 Å². The number of aliphatic carboxylic acids is 1. The Hall–Kier alpha value is -6.56. The van der Waals surface area contributed by atoms with Crippen molar-refractivity contribution in [2.75, 3.05) is 19.8 Å². The minimum Gasteiger partial charge on any atom is -0.480 e. The highest BCUT2D eigenvalue weighted by Gasteiger charge is 2.37. The minimum atomic E-state index is -1.97. The Kier molecular flexibility index (Phi) is 28.5. The average molecular weight is 990 g/mol. The number of carbonyl (C=O) groups is 12. The number of hydrogen-bond acceptors (Lipinski definition) is 17. The molecule has 0 bridgehead atoms. The van der Waals surface area contributed by atoms with Crippen LogP contribution in [0.5, 0.6) is 0 Å². The summed E-state index contributed by atoms with van der Waals surface area (Å²) in [4.78, 5) is 154. The van der Waals surface area contributed by atoms with Crippen LogP contribution in [0.2, 0.25) is 0 Å². The van der Waals surface area contributed by atoms with Gasteiger partial charge in [0.2, 0.25) is 65.0 Å². The summed E-state index contributed by atoms with van der Waals surface area (Å²) in [5, 5.41) is 57.3. The molecule has 11 atom stereocenters. The summed E-state index contributed by atoms with van der Waals surface area (Å²) in [5.41, 5.74) is 27.1. The van der Waals surface area contributed by atoms with E-state index < -0.39 is 170 Å². The number of nitrogens with two attached hydrogens (primary N) is 5. The third kappa shape index (κ3) is 23.3. The van der Waals surface area contributed by atoms with E-state index in [9.17, 15) is 78.0 Å². The number of carbonyl (C=O) groups excluding carboxylic acids is 11. The van der Waals surface area contributed by atoms with Gasteiger partial charge in [0.1, 0.15) is 48.3 Å². The highest BCUT2D eigenvalue weighted by atomic mass is 16.4. The van der Waals surface area contributed by atoms with E-state index in [1.165, 1.54) is 13.8 Å². The molecule has 0 saturated carbocycles. The van der Waals surface area contributed by atoms with Crippen molar-refractivity contribution in [3.05, 3.63) is 0 Å². The zero-order chi connectivity index (χ0) is 53.3. The van der Waals surface area contributed by atoms with Gasteiger partial charge in [-0.1, -0.05) is 34.1 Å².